The smallest absolute Gasteiger partial charge is 0.368 e. The Kier molecular flexibility index (Phi) is 5.23. The van der Waals surface area contributed by atoms with Crippen molar-refractivity contribution in [3.05, 3.63) is 83.0 Å². The van der Waals surface area contributed by atoms with Gasteiger partial charge in [0.15, 0.2) is 0 Å². The Balaban J connectivity index is 1.45. The Labute approximate surface area is 193 Å². The summed E-state index contributed by atoms with van der Waals surface area (Å²) >= 11 is 0. The second-order valence-corrected chi connectivity index (χ2v) is 8.56. The number of anilines is 2. The summed E-state index contributed by atoms with van der Waals surface area (Å²) in [4.78, 5) is 21.1. The lowest BCUT2D eigenvalue weighted by molar-refractivity contribution is -0.138. The number of nitrogen functional groups attached to an aromatic ring is 1. The van der Waals surface area contributed by atoms with Crippen molar-refractivity contribution in [3.63, 3.8) is 0 Å². The van der Waals surface area contributed by atoms with Gasteiger partial charge in [-0.15, -0.1) is 0 Å². The van der Waals surface area contributed by atoms with Gasteiger partial charge < -0.3 is 11.1 Å². The fourth-order valence-corrected chi connectivity index (χ4v) is 4.12. The zero-order chi connectivity index (χ0) is 24.0. The molecule has 172 valence electrons. The highest BCUT2D eigenvalue weighted by Crippen LogP contribution is 2.46. The molecule has 5 rings (SSSR count). The van der Waals surface area contributed by atoms with Crippen molar-refractivity contribution >= 4 is 28.4 Å². The van der Waals surface area contributed by atoms with Crippen LogP contribution in [0.25, 0.3) is 22.0 Å². The van der Waals surface area contributed by atoms with Crippen molar-refractivity contribution in [1.82, 2.24) is 9.97 Å². The summed E-state index contributed by atoms with van der Waals surface area (Å²) in [6, 6.07) is 14.8. The van der Waals surface area contributed by atoms with Crippen LogP contribution in [0.1, 0.15) is 45.8 Å². The van der Waals surface area contributed by atoms with Gasteiger partial charge in [0.05, 0.1) is 11.1 Å². The third-order valence-corrected chi connectivity index (χ3v) is 6.04. The van der Waals surface area contributed by atoms with Crippen molar-refractivity contribution in [2.75, 3.05) is 11.1 Å². The highest BCUT2D eigenvalue weighted by molar-refractivity contribution is 6.05. The summed E-state index contributed by atoms with van der Waals surface area (Å²) in [6.45, 7) is 1.92. The summed E-state index contributed by atoms with van der Waals surface area (Å²) in [5.41, 5.74) is 9.05. The van der Waals surface area contributed by atoms with Gasteiger partial charge in [0.25, 0.3) is 5.91 Å². The molecular weight excluding hydrogens is 441 g/mol. The van der Waals surface area contributed by atoms with Gasteiger partial charge in [0.2, 0.25) is 5.95 Å². The summed E-state index contributed by atoms with van der Waals surface area (Å²) in [5, 5.41) is 3.42. The molecule has 0 radical (unpaired) electrons. The molecule has 1 aromatic heterocycles. The fraction of sp³-hybridized carbons (Fsp3) is 0.192. The van der Waals surface area contributed by atoms with Gasteiger partial charge in [-0.1, -0.05) is 18.2 Å². The van der Waals surface area contributed by atoms with Crippen LogP contribution >= 0.6 is 0 Å². The number of hydrogen-bond donors (Lipinski definition) is 2. The van der Waals surface area contributed by atoms with E-state index in [0.29, 0.717) is 16.6 Å². The normalized spacial score (nSPS) is 13.8. The van der Waals surface area contributed by atoms with Gasteiger partial charge in [-0.3, -0.25) is 4.79 Å². The van der Waals surface area contributed by atoms with Gasteiger partial charge >= 0.3 is 6.18 Å². The second kappa shape index (κ2) is 8.13. The Hall–Kier alpha value is -3.94. The Morgan fingerprint density at radius 3 is 2.59 bits per heavy atom. The molecule has 1 amide bonds. The molecule has 3 aromatic carbocycles. The van der Waals surface area contributed by atoms with Crippen LogP contribution in [-0.4, -0.2) is 15.9 Å². The van der Waals surface area contributed by atoms with E-state index in [1.54, 1.807) is 18.3 Å². The van der Waals surface area contributed by atoms with Crippen LogP contribution in [0, 0.1) is 6.92 Å². The van der Waals surface area contributed by atoms with Gasteiger partial charge in [-0.25, -0.2) is 9.97 Å². The highest BCUT2D eigenvalue weighted by Gasteiger charge is 2.38. The first-order chi connectivity index (χ1) is 16.2. The monoisotopic (exact) mass is 462 g/mol. The molecule has 0 spiro atoms. The first kappa shape index (κ1) is 21.9. The summed E-state index contributed by atoms with van der Waals surface area (Å²) in [5.74, 6) is -0.343. The van der Waals surface area contributed by atoms with E-state index in [1.165, 1.54) is 12.1 Å². The van der Waals surface area contributed by atoms with Gasteiger partial charge in [0.1, 0.15) is 0 Å². The number of hydrogen-bond acceptors (Lipinski definition) is 4. The maximum Gasteiger partial charge on any atom is 0.416 e. The van der Waals surface area contributed by atoms with Crippen molar-refractivity contribution in [2.45, 2.75) is 31.9 Å². The Bertz CT molecular complexity index is 1430. The number of nitrogens with one attached hydrogen (secondary N) is 1. The predicted molar refractivity (Wildman–Crippen MR) is 125 cm³/mol. The number of nitrogens with zero attached hydrogens (tertiary/aromatic N) is 2. The van der Waals surface area contributed by atoms with E-state index in [4.69, 9.17) is 5.73 Å². The number of carbonyl (C=O) groups is 1. The molecule has 1 aliphatic rings. The minimum atomic E-state index is -4.47. The van der Waals surface area contributed by atoms with E-state index in [-0.39, 0.29) is 17.6 Å². The summed E-state index contributed by atoms with van der Waals surface area (Å²) < 4.78 is 40.7. The lowest BCUT2D eigenvalue weighted by atomic mass is 9.96. The fourth-order valence-electron chi connectivity index (χ4n) is 4.12. The molecule has 1 heterocycles. The van der Waals surface area contributed by atoms with E-state index in [2.05, 4.69) is 15.3 Å². The molecule has 3 N–H and O–H groups in total. The number of fused-ring (bicyclic) bond motifs is 1. The van der Waals surface area contributed by atoms with E-state index < -0.39 is 17.6 Å². The minimum Gasteiger partial charge on any atom is -0.368 e. The lowest BCUT2D eigenvalue weighted by Crippen LogP contribution is -2.14. The molecule has 1 aliphatic carbocycles. The average molecular weight is 462 g/mol. The van der Waals surface area contributed by atoms with E-state index >= 15 is 0 Å². The van der Waals surface area contributed by atoms with Gasteiger partial charge in [-0.2, -0.15) is 13.2 Å². The summed E-state index contributed by atoms with van der Waals surface area (Å²) in [7, 11) is 0. The molecule has 34 heavy (non-hydrogen) atoms. The lowest BCUT2D eigenvalue weighted by Gasteiger charge is -2.15. The minimum absolute atomic E-state index is 0.0511. The number of aromatic nitrogens is 2. The zero-order valence-electron chi connectivity index (χ0n) is 18.3. The third-order valence-electron chi connectivity index (χ3n) is 6.04. The molecule has 5 nitrogen and oxygen atoms in total. The Morgan fingerprint density at radius 2 is 1.85 bits per heavy atom. The van der Waals surface area contributed by atoms with E-state index in [9.17, 15) is 18.0 Å². The van der Waals surface area contributed by atoms with E-state index in [1.807, 2.05) is 31.2 Å². The number of halogens is 3. The summed E-state index contributed by atoms with van der Waals surface area (Å²) in [6.07, 6.45) is -1.32. The van der Waals surface area contributed by atoms with Crippen molar-refractivity contribution in [1.29, 1.82) is 0 Å². The van der Waals surface area contributed by atoms with Crippen molar-refractivity contribution in [3.8, 4) is 11.1 Å². The van der Waals surface area contributed by atoms with Crippen molar-refractivity contribution < 1.29 is 18.0 Å². The maximum absolute atomic E-state index is 13.6. The molecule has 0 saturated heterocycles. The van der Waals surface area contributed by atoms with Crippen molar-refractivity contribution in [2.24, 2.45) is 0 Å². The average Bonchev–Trinajstić information content (AvgIpc) is 3.64. The molecule has 1 fully saturated rings. The number of nitrogens with two attached hydrogens (primary N) is 1. The van der Waals surface area contributed by atoms with Crippen LogP contribution in [0.15, 0.2) is 60.8 Å². The van der Waals surface area contributed by atoms with E-state index in [0.717, 1.165) is 41.0 Å². The quantitative estimate of drug-likeness (QED) is 0.371. The highest BCUT2D eigenvalue weighted by atomic mass is 19.4. The van der Waals surface area contributed by atoms with Crippen LogP contribution in [0.3, 0.4) is 0 Å². The molecule has 8 heteroatoms. The van der Waals surface area contributed by atoms with Gasteiger partial charge in [-0.05, 0) is 84.3 Å². The number of carbonyl (C=O) groups excluding carboxylic acids is 1. The number of rotatable bonds is 4. The molecular formula is C26H21F3N4O. The number of amides is 1. The zero-order valence-corrected chi connectivity index (χ0v) is 18.3. The van der Waals surface area contributed by atoms with Crippen LogP contribution < -0.4 is 11.1 Å². The molecule has 0 unspecified atom stereocenters. The van der Waals surface area contributed by atoms with Crippen LogP contribution in [0.4, 0.5) is 24.8 Å². The maximum atomic E-state index is 13.6. The molecule has 0 bridgehead atoms. The van der Waals surface area contributed by atoms with Crippen LogP contribution in [0.2, 0.25) is 0 Å². The second-order valence-electron chi connectivity index (χ2n) is 8.56. The van der Waals surface area contributed by atoms with Gasteiger partial charge in [0, 0.05) is 22.8 Å². The third kappa shape index (κ3) is 4.31. The largest absolute Gasteiger partial charge is 0.416 e. The first-order valence-corrected chi connectivity index (χ1v) is 10.8. The number of aryl methyl sites for hydroxylation is 1. The standard InChI is InChI=1S/C26H21F3N4O/c1-14-2-3-17(11-21(14)16-6-9-23-18(10-16)13-31-25(30)33-23)24(34)32-19-7-8-20(15-4-5-15)22(12-19)26(27,28)29/h2-3,6-13,15H,4-5H2,1H3,(H,32,34)(H2,30,31,33). The van der Waals surface area contributed by atoms with Crippen LogP contribution in [-0.2, 0) is 6.18 Å². The molecule has 1 saturated carbocycles. The predicted octanol–water partition coefficient (Wildman–Crippen LogP) is 6.34. The molecule has 0 atom stereocenters. The topological polar surface area (TPSA) is 80.9 Å². The Morgan fingerprint density at radius 1 is 1.06 bits per heavy atom. The number of alkyl halides is 3. The number of benzene rings is 3. The SMILES string of the molecule is Cc1ccc(C(=O)Nc2ccc(C3CC3)c(C(F)(F)F)c2)cc1-c1ccc2nc(N)ncc2c1. The molecule has 0 aliphatic heterocycles. The van der Waals surface area contributed by atoms with Crippen LogP contribution in [0.5, 0.6) is 0 Å². The molecule has 4 aromatic rings. The first-order valence-electron chi connectivity index (χ1n) is 10.8.